The highest BCUT2D eigenvalue weighted by Crippen LogP contribution is 2.18. The molecule has 0 bridgehead atoms. The average Bonchev–Trinajstić information content (AvgIpc) is 2.68. The quantitative estimate of drug-likeness (QED) is 0.754. The van der Waals surface area contributed by atoms with Crippen LogP contribution in [0.1, 0.15) is 24.0 Å². The van der Waals surface area contributed by atoms with Gasteiger partial charge in [-0.2, -0.15) is 0 Å². The molecular weight excluding hydrogens is 396 g/mol. The predicted molar refractivity (Wildman–Crippen MR) is 112 cm³/mol. The highest BCUT2D eigenvalue weighted by atomic mass is 35.5. The maximum absolute atomic E-state index is 12.5. The van der Waals surface area contributed by atoms with Crippen LogP contribution >= 0.6 is 11.6 Å². The van der Waals surface area contributed by atoms with Gasteiger partial charge in [-0.25, -0.2) is 13.1 Å². The van der Waals surface area contributed by atoms with Gasteiger partial charge in [-0.15, -0.1) is 0 Å². The summed E-state index contributed by atoms with van der Waals surface area (Å²) >= 11 is 6.09. The number of hydrogen-bond donors (Lipinski definition) is 1. The van der Waals surface area contributed by atoms with Gasteiger partial charge in [-0.1, -0.05) is 47.5 Å². The van der Waals surface area contributed by atoms with Crippen molar-refractivity contribution < 1.29 is 13.2 Å². The van der Waals surface area contributed by atoms with E-state index < -0.39 is 10.0 Å². The number of carbonyl (C=O) groups excluding carboxylic acids is 1. The van der Waals surface area contributed by atoms with Gasteiger partial charge in [0, 0.05) is 30.2 Å². The number of benzene rings is 2. The van der Waals surface area contributed by atoms with Crippen molar-refractivity contribution in [2.45, 2.75) is 30.7 Å². The summed E-state index contributed by atoms with van der Waals surface area (Å²) in [6, 6.07) is 13.9. The minimum absolute atomic E-state index is 0.0974. The van der Waals surface area contributed by atoms with Gasteiger partial charge in [0.2, 0.25) is 15.9 Å². The van der Waals surface area contributed by atoms with Gasteiger partial charge in [0.15, 0.2) is 0 Å². The van der Waals surface area contributed by atoms with Gasteiger partial charge < -0.3 is 4.90 Å². The highest BCUT2D eigenvalue weighted by Gasteiger charge is 2.26. The van der Waals surface area contributed by atoms with Gasteiger partial charge in [0.1, 0.15) is 0 Å². The smallest absolute Gasteiger partial charge is 0.246 e. The number of carbonyl (C=O) groups is 1. The Balaban J connectivity index is 1.55. The first-order valence-electron chi connectivity index (χ1n) is 9.16. The molecule has 1 saturated heterocycles. The Kier molecular flexibility index (Phi) is 6.54. The molecule has 0 saturated carbocycles. The summed E-state index contributed by atoms with van der Waals surface area (Å²) in [4.78, 5) is 14.4. The molecule has 148 valence electrons. The molecule has 2 aromatic rings. The van der Waals surface area contributed by atoms with Crippen molar-refractivity contribution in [1.82, 2.24) is 9.62 Å². The van der Waals surface area contributed by atoms with E-state index in [9.17, 15) is 13.2 Å². The van der Waals surface area contributed by atoms with E-state index >= 15 is 0 Å². The molecule has 0 aliphatic carbocycles. The van der Waals surface area contributed by atoms with Gasteiger partial charge in [0.25, 0.3) is 0 Å². The van der Waals surface area contributed by atoms with Crippen LogP contribution in [0.5, 0.6) is 0 Å². The van der Waals surface area contributed by atoms with Crippen LogP contribution in [0.15, 0.2) is 59.5 Å². The Hall–Kier alpha value is -2.15. The summed E-state index contributed by atoms with van der Waals surface area (Å²) in [5.41, 5.74) is 1.80. The van der Waals surface area contributed by atoms with Crippen LogP contribution < -0.4 is 4.72 Å². The summed E-state index contributed by atoms with van der Waals surface area (Å²) in [5.74, 6) is -0.0974. The van der Waals surface area contributed by atoms with Crippen LogP contribution in [0.2, 0.25) is 5.02 Å². The minimum Gasteiger partial charge on any atom is -0.339 e. The van der Waals surface area contributed by atoms with Crippen molar-refractivity contribution in [3.05, 3.63) is 70.8 Å². The van der Waals surface area contributed by atoms with Crippen LogP contribution in [0.3, 0.4) is 0 Å². The monoisotopic (exact) mass is 418 g/mol. The predicted octanol–water partition coefficient (Wildman–Crippen LogP) is 3.63. The number of rotatable bonds is 5. The lowest BCUT2D eigenvalue weighted by molar-refractivity contribution is -0.126. The number of halogens is 1. The molecule has 1 fully saturated rings. The molecule has 5 nitrogen and oxygen atoms in total. The highest BCUT2D eigenvalue weighted by molar-refractivity contribution is 7.89. The van der Waals surface area contributed by atoms with Crippen molar-refractivity contribution in [1.29, 1.82) is 0 Å². The summed E-state index contributed by atoms with van der Waals surface area (Å²) in [7, 11) is -3.55. The van der Waals surface area contributed by atoms with E-state index in [4.69, 9.17) is 11.6 Å². The van der Waals surface area contributed by atoms with E-state index in [1.807, 2.05) is 25.1 Å². The van der Waals surface area contributed by atoms with Crippen LogP contribution in [0.4, 0.5) is 0 Å². The topological polar surface area (TPSA) is 66.5 Å². The number of nitrogens with zero attached hydrogens (tertiary/aromatic N) is 1. The number of aryl methyl sites for hydroxylation is 1. The summed E-state index contributed by atoms with van der Waals surface area (Å²) < 4.78 is 27.8. The van der Waals surface area contributed by atoms with Crippen LogP contribution in [0.25, 0.3) is 6.08 Å². The lowest BCUT2D eigenvalue weighted by Crippen LogP contribution is -2.46. The maximum atomic E-state index is 12.5. The standard InChI is InChI=1S/C21H23ClN2O3S/c1-16-6-9-19(10-7-16)28(26,27)23-18-12-14-24(15-13-18)21(25)11-8-17-4-2-3-5-20(17)22/h2-11,18,23H,12-15H2,1H3. The van der Waals surface area contributed by atoms with Crippen molar-refractivity contribution in [2.24, 2.45) is 0 Å². The Morgan fingerprint density at radius 2 is 1.75 bits per heavy atom. The first kappa shape index (κ1) is 20.6. The Bertz CT molecular complexity index is 963. The van der Waals surface area contributed by atoms with Crippen molar-refractivity contribution >= 4 is 33.6 Å². The number of piperidine rings is 1. The molecule has 2 aromatic carbocycles. The first-order valence-corrected chi connectivity index (χ1v) is 11.0. The SMILES string of the molecule is Cc1ccc(S(=O)(=O)NC2CCN(C(=O)C=Cc3ccccc3Cl)CC2)cc1. The molecule has 0 atom stereocenters. The fourth-order valence-electron chi connectivity index (χ4n) is 3.10. The molecule has 7 heteroatoms. The van der Waals surface area contributed by atoms with Gasteiger partial charge >= 0.3 is 0 Å². The van der Waals surface area contributed by atoms with E-state index in [0.29, 0.717) is 31.0 Å². The lowest BCUT2D eigenvalue weighted by atomic mass is 10.1. The zero-order chi connectivity index (χ0) is 20.1. The third-order valence-corrected chi connectivity index (χ3v) is 6.65. The molecule has 1 aliphatic rings. The zero-order valence-electron chi connectivity index (χ0n) is 15.6. The van der Waals surface area contributed by atoms with Gasteiger partial charge in [-0.3, -0.25) is 4.79 Å². The lowest BCUT2D eigenvalue weighted by Gasteiger charge is -2.31. The number of nitrogens with one attached hydrogen (secondary N) is 1. The van der Waals surface area contributed by atoms with E-state index in [1.54, 1.807) is 41.3 Å². The van der Waals surface area contributed by atoms with Crippen molar-refractivity contribution in [3.8, 4) is 0 Å². The Morgan fingerprint density at radius 1 is 1.11 bits per heavy atom. The molecular formula is C21H23ClN2O3S. The van der Waals surface area contributed by atoms with Crippen LogP contribution in [0, 0.1) is 6.92 Å². The number of amides is 1. The summed E-state index contributed by atoms with van der Waals surface area (Å²) in [5, 5.41) is 0.593. The van der Waals surface area contributed by atoms with Crippen molar-refractivity contribution in [3.63, 3.8) is 0 Å². The number of likely N-dealkylation sites (tertiary alicyclic amines) is 1. The van der Waals surface area contributed by atoms with Gasteiger partial charge in [-0.05, 0) is 49.6 Å². The summed E-state index contributed by atoms with van der Waals surface area (Å²) in [6.07, 6.45) is 4.38. The second kappa shape index (κ2) is 8.90. The van der Waals surface area contributed by atoms with Crippen LogP contribution in [-0.4, -0.2) is 38.4 Å². The molecule has 0 spiro atoms. The molecule has 1 N–H and O–H groups in total. The van der Waals surface area contributed by atoms with E-state index in [-0.39, 0.29) is 16.8 Å². The third kappa shape index (κ3) is 5.22. The molecule has 0 radical (unpaired) electrons. The van der Waals surface area contributed by atoms with Crippen LogP contribution in [-0.2, 0) is 14.8 Å². The minimum atomic E-state index is -3.55. The zero-order valence-corrected chi connectivity index (χ0v) is 17.2. The second-order valence-electron chi connectivity index (χ2n) is 6.89. The molecule has 1 aliphatic heterocycles. The Labute approximate surface area is 171 Å². The molecule has 0 aromatic heterocycles. The van der Waals surface area contributed by atoms with Crippen molar-refractivity contribution in [2.75, 3.05) is 13.1 Å². The molecule has 3 rings (SSSR count). The molecule has 1 heterocycles. The average molecular weight is 419 g/mol. The maximum Gasteiger partial charge on any atom is 0.246 e. The number of sulfonamides is 1. The third-order valence-electron chi connectivity index (χ3n) is 4.77. The fourth-order valence-corrected chi connectivity index (χ4v) is 4.60. The Morgan fingerprint density at radius 3 is 2.39 bits per heavy atom. The van der Waals surface area contributed by atoms with E-state index in [0.717, 1.165) is 11.1 Å². The largest absolute Gasteiger partial charge is 0.339 e. The molecule has 0 unspecified atom stereocenters. The van der Waals surface area contributed by atoms with Gasteiger partial charge in [0.05, 0.1) is 4.90 Å². The fraction of sp³-hybridized carbons (Fsp3) is 0.286. The number of hydrogen-bond acceptors (Lipinski definition) is 3. The summed E-state index contributed by atoms with van der Waals surface area (Å²) in [6.45, 7) is 2.93. The molecule has 1 amide bonds. The first-order chi connectivity index (χ1) is 13.3. The normalized spacial score (nSPS) is 15.9. The van der Waals surface area contributed by atoms with E-state index in [2.05, 4.69) is 4.72 Å². The molecule has 28 heavy (non-hydrogen) atoms. The van der Waals surface area contributed by atoms with E-state index in [1.165, 1.54) is 6.08 Å². The second-order valence-corrected chi connectivity index (χ2v) is 9.01.